The van der Waals surface area contributed by atoms with E-state index < -0.39 is 0 Å². The molecule has 0 aliphatic rings. The summed E-state index contributed by atoms with van der Waals surface area (Å²) in [4.78, 5) is 26.4. The molecule has 5 aromatic carbocycles. The van der Waals surface area contributed by atoms with Crippen molar-refractivity contribution in [1.29, 1.82) is 0 Å². The quantitative estimate of drug-likeness (QED) is 0.127. The normalized spacial score (nSPS) is 12.3. The van der Waals surface area contributed by atoms with Gasteiger partial charge in [-0.15, -0.1) is 0 Å². The maximum atomic E-state index is 13.2. The summed E-state index contributed by atoms with van der Waals surface area (Å²) in [6, 6.07) is 33.3. The van der Waals surface area contributed by atoms with Crippen LogP contribution in [0.25, 0.3) is 0 Å². The summed E-state index contributed by atoms with van der Waals surface area (Å²) in [5.41, 5.74) is 8.76. The number of aromatic hydroxyl groups is 2. The highest BCUT2D eigenvalue weighted by Crippen LogP contribution is 2.27. The predicted octanol–water partition coefficient (Wildman–Crippen LogP) is 8.91. The molecule has 0 saturated carbocycles. The Kier molecular flexibility index (Phi) is 9.87. The summed E-state index contributed by atoms with van der Waals surface area (Å²) in [6.07, 6.45) is 1.66. The number of aryl methyl sites for hydroxylation is 2. The van der Waals surface area contributed by atoms with Crippen molar-refractivity contribution in [2.75, 3.05) is 10.6 Å². The molecule has 0 aromatic heterocycles. The number of hydrogen-bond acceptors (Lipinski definition) is 4. The summed E-state index contributed by atoms with van der Waals surface area (Å²) >= 11 is 0. The van der Waals surface area contributed by atoms with Crippen LogP contribution in [0.4, 0.5) is 11.4 Å². The molecule has 5 aromatic rings. The van der Waals surface area contributed by atoms with Gasteiger partial charge in [0.25, 0.3) is 11.8 Å². The molecule has 2 unspecified atom stereocenters. The van der Waals surface area contributed by atoms with Crippen LogP contribution in [0, 0.1) is 13.8 Å². The molecule has 0 heterocycles. The van der Waals surface area contributed by atoms with Crippen molar-refractivity contribution in [3.05, 3.63) is 154 Å². The molecule has 46 heavy (non-hydrogen) atoms. The maximum absolute atomic E-state index is 13.2. The Labute approximate surface area is 270 Å². The average Bonchev–Trinajstić information content (AvgIpc) is 3.04. The second kappa shape index (κ2) is 14.2. The molecule has 0 saturated heterocycles. The van der Waals surface area contributed by atoms with E-state index in [9.17, 15) is 19.8 Å². The Balaban J connectivity index is 1.20. The fraction of sp³-hybridized carbons (Fsp3) is 0.200. The molecule has 6 heteroatoms. The second-order valence-electron chi connectivity index (χ2n) is 12.2. The Morgan fingerprint density at radius 3 is 1.33 bits per heavy atom. The number of amides is 2. The molecule has 0 radical (unpaired) electrons. The van der Waals surface area contributed by atoms with E-state index in [1.54, 1.807) is 48.5 Å². The van der Waals surface area contributed by atoms with Gasteiger partial charge in [0.15, 0.2) is 0 Å². The fourth-order valence-electron chi connectivity index (χ4n) is 5.73. The fourth-order valence-corrected chi connectivity index (χ4v) is 5.73. The van der Waals surface area contributed by atoms with E-state index in [0.29, 0.717) is 11.1 Å². The first-order chi connectivity index (χ1) is 22.0. The molecule has 6 nitrogen and oxygen atoms in total. The minimum absolute atomic E-state index is 0.257. The summed E-state index contributed by atoms with van der Waals surface area (Å²) in [6.45, 7) is 8.24. The van der Waals surface area contributed by atoms with Crippen LogP contribution < -0.4 is 10.6 Å². The lowest BCUT2D eigenvalue weighted by Crippen LogP contribution is -2.16. The lowest BCUT2D eigenvalue weighted by molar-refractivity contribution is 0.102. The molecule has 0 spiro atoms. The number of nitrogens with one attached hydrogen (secondary N) is 2. The molecule has 5 rings (SSSR count). The van der Waals surface area contributed by atoms with Crippen LogP contribution in [-0.4, -0.2) is 22.0 Å². The van der Waals surface area contributed by atoms with Crippen LogP contribution >= 0.6 is 0 Å². The first kappa shape index (κ1) is 32.0. The topological polar surface area (TPSA) is 98.7 Å². The van der Waals surface area contributed by atoms with Crippen molar-refractivity contribution in [2.24, 2.45) is 0 Å². The zero-order valence-electron chi connectivity index (χ0n) is 26.7. The molecule has 2 atom stereocenters. The van der Waals surface area contributed by atoms with Gasteiger partial charge in [0.1, 0.15) is 11.5 Å². The third kappa shape index (κ3) is 8.02. The number of hydrogen-bond donors (Lipinski definition) is 4. The van der Waals surface area contributed by atoms with Gasteiger partial charge < -0.3 is 20.8 Å². The van der Waals surface area contributed by atoms with Crippen molar-refractivity contribution >= 4 is 23.2 Å². The monoisotopic (exact) mass is 612 g/mol. The van der Waals surface area contributed by atoms with Gasteiger partial charge in [-0.05, 0) is 127 Å². The standard InChI is InChI=1S/C40H40N2O4/c1-25(31-10-14-35(43)15-11-31)20-29-8-18-37(27(3)22-29)41-39(45)33-6-5-7-34(24-33)40(46)42-38-19-9-30(23-28(38)4)21-26(2)32-12-16-36(44)17-13-32/h5-19,22-26,43-44H,20-21H2,1-4H3,(H,41,45)(H,42,46). The van der Waals surface area contributed by atoms with E-state index in [1.165, 1.54) is 0 Å². The number of phenolic OH excluding ortho intramolecular Hbond substituents is 2. The maximum Gasteiger partial charge on any atom is 0.255 e. The van der Waals surface area contributed by atoms with Crippen LogP contribution in [0.5, 0.6) is 11.5 Å². The number of phenols is 2. The smallest absolute Gasteiger partial charge is 0.255 e. The zero-order chi connectivity index (χ0) is 32.8. The third-order valence-electron chi connectivity index (χ3n) is 8.47. The van der Waals surface area contributed by atoms with Crippen LogP contribution in [0.3, 0.4) is 0 Å². The van der Waals surface area contributed by atoms with Crippen molar-refractivity contribution in [3.8, 4) is 11.5 Å². The summed E-state index contributed by atoms with van der Waals surface area (Å²) in [5, 5.41) is 25.1. The lowest BCUT2D eigenvalue weighted by atomic mass is 9.93. The SMILES string of the molecule is Cc1cc(CC(C)c2ccc(O)cc2)ccc1NC(=O)c1cccc(C(=O)Nc2ccc(CC(C)c3ccc(O)cc3)cc2C)c1. The van der Waals surface area contributed by atoms with Gasteiger partial charge in [0.2, 0.25) is 0 Å². The van der Waals surface area contributed by atoms with Gasteiger partial charge in [-0.25, -0.2) is 0 Å². The summed E-state index contributed by atoms with van der Waals surface area (Å²) in [7, 11) is 0. The van der Waals surface area contributed by atoms with Crippen molar-refractivity contribution < 1.29 is 19.8 Å². The first-order valence-electron chi connectivity index (χ1n) is 15.6. The predicted molar refractivity (Wildman–Crippen MR) is 185 cm³/mol. The summed E-state index contributed by atoms with van der Waals surface area (Å²) in [5.74, 6) is 0.491. The Hall–Kier alpha value is -5.36. The molecule has 0 fully saturated rings. The third-order valence-corrected chi connectivity index (χ3v) is 8.47. The Morgan fingerprint density at radius 1 is 0.565 bits per heavy atom. The minimum atomic E-state index is -0.286. The highest BCUT2D eigenvalue weighted by atomic mass is 16.3. The van der Waals surface area contributed by atoms with Gasteiger partial charge in [-0.1, -0.05) is 68.4 Å². The van der Waals surface area contributed by atoms with E-state index in [1.807, 2.05) is 62.4 Å². The number of carbonyl (C=O) groups is 2. The van der Waals surface area contributed by atoms with Gasteiger partial charge in [-0.2, -0.15) is 0 Å². The number of rotatable bonds is 10. The number of anilines is 2. The minimum Gasteiger partial charge on any atom is -0.508 e. The van der Waals surface area contributed by atoms with Crippen molar-refractivity contribution in [3.63, 3.8) is 0 Å². The summed E-state index contributed by atoms with van der Waals surface area (Å²) < 4.78 is 0. The molecular formula is C40H40N2O4. The second-order valence-corrected chi connectivity index (χ2v) is 12.2. The van der Waals surface area contributed by atoms with Crippen LogP contribution in [0.15, 0.2) is 109 Å². The van der Waals surface area contributed by atoms with E-state index in [-0.39, 0.29) is 35.1 Å². The molecule has 0 aliphatic carbocycles. The average molecular weight is 613 g/mol. The molecular weight excluding hydrogens is 572 g/mol. The van der Waals surface area contributed by atoms with Crippen molar-refractivity contribution in [1.82, 2.24) is 0 Å². The van der Waals surface area contributed by atoms with E-state index in [4.69, 9.17) is 0 Å². The number of benzene rings is 5. The Morgan fingerprint density at radius 2 is 0.957 bits per heavy atom. The Bertz CT molecular complexity index is 1710. The van der Waals surface area contributed by atoms with Crippen LogP contribution in [-0.2, 0) is 12.8 Å². The molecule has 234 valence electrons. The number of carbonyl (C=O) groups excluding carboxylic acids is 2. The van der Waals surface area contributed by atoms with Gasteiger partial charge in [0.05, 0.1) is 0 Å². The van der Waals surface area contributed by atoms with Gasteiger partial charge in [0, 0.05) is 22.5 Å². The van der Waals surface area contributed by atoms with Crippen LogP contribution in [0.2, 0.25) is 0 Å². The van der Waals surface area contributed by atoms with E-state index in [2.05, 4.69) is 36.6 Å². The molecule has 2 amide bonds. The van der Waals surface area contributed by atoms with Crippen LogP contribution in [0.1, 0.15) is 79.8 Å². The largest absolute Gasteiger partial charge is 0.508 e. The van der Waals surface area contributed by atoms with Gasteiger partial charge in [-0.3, -0.25) is 9.59 Å². The molecule has 0 bridgehead atoms. The lowest BCUT2D eigenvalue weighted by Gasteiger charge is -2.15. The van der Waals surface area contributed by atoms with Crippen molar-refractivity contribution in [2.45, 2.75) is 52.4 Å². The highest BCUT2D eigenvalue weighted by molar-refractivity contribution is 6.09. The van der Waals surface area contributed by atoms with Gasteiger partial charge >= 0.3 is 0 Å². The highest BCUT2D eigenvalue weighted by Gasteiger charge is 2.15. The molecule has 4 N–H and O–H groups in total. The zero-order valence-corrected chi connectivity index (χ0v) is 26.7. The molecule has 0 aliphatic heterocycles. The van der Waals surface area contributed by atoms with E-state index >= 15 is 0 Å². The van der Waals surface area contributed by atoms with E-state index in [0.717, 1.165) is 57.6 Å². The first-order valence-corrected chi connectivity index (χ1v) is 15.6.